The number of halogens is 1. The number of thiophene rings is 1. The van der Waals surface area contributed by atoms with E-state index in [-0.39, 0.29) is 0 Å². The van der Waals surface area contributed by atoms with Crippen LogP contribution in [-0.2, 0) is 6.54 Å². The van der Waals surface area contributed by atoms with Gasteiger partial charge in [-0.2, -0.15) is 0 Å². The van der Waals surface area contributed by atoms with Gasteiger partial charge in [-0.15, -0.1) is 11.3 Å². The molecule has 1 N–H and O–H groups in total. The van der Waals surface area contributed by atoms with Gasteiger partial charge in [0, 0.05) is 24.5 Å². The fourth-order valence-corrected chi connectivity index (χ4v) is 5.02. The van der Waals surface area contributed by atoms with Crippen LogP contribution in [0.25, 0.3) is 0 Å². The molecule has 1 aliphatic carbocycles. The zero-order chi connectivity index (χ0) is 15.3. The molecule has 0 bridgehead atoms. The molecule has 0 spiro atoms. The molecule has 0 amide bonds. The second kappa shape index (κ2) is 7.96. The average Bonchev–Trinajstić information content (AvgIpc) is 2.81. The van der Waals surface area contributed by atoms with Gasteiger partial charge in [0.1, 0.15) is 0 Å². The van der Waals surface area contributed by atoms with Gasteiger partial charge in [-0.25, -0.2) is 0 Å². The Kier molecular flexibility index (Phi) is 6.54. The summed E-state index contributed by atoms with van der Waals surface area (Å²) in [6.07, 6.45) is 5.50. The maximum absolute atomic E-state index is 6.04. The lowest BCUT2D eigenvalue weighted by atomic mass is 9.69. The maximum atomic E-state index is 6.04. The molecule has 4 heteroatoms. The molecule has 0 saturated heterocycles. The van der Waals surface area contributed by atoms with Crippen LogP contribution in [0, 0.1) is 11.3 Å². The van der Waals surface area contributed by atoms with Gasteiger partial charge in [-0.1, -0.05) is 38.3 Å². The Bertz CT molecular complexity index is 434. The zero-order valence-electron chi connectivity index (χ0n) is 13.6. The molecule has 2 unspecified atom stereocenters. The van der Waals surface area contributed by atoms with Crippen molar-refractivity contribution in [2.24, 2.45) is 11.3 Å². The van der Waals surface area contributed by atoms with E-state index >= 15 is 0 Å². The summed E-state index contributed by atoms with van der Waals surface area (Å²) in [6, 6.07) is 4.16. The van der Waals surface area contributed by atoms with Gasteiger partial charge in [0.2, 0.25) is 0 Å². The van der Waals surface area contributed by atoms with Crippen molar-refractivity contribution in [3.05, 3.63) is 21.3 Å². The van der Waals surface area contributed by atoms with E-state index in [9.17, 15) is 0 Å². The first-order chi connectivity index (χ1) is 10.0. The Hall–Kier alpha value is -0.0900. The second-order valence-electron chi connectivity index (χ2n) is 6.86. The highest BCUT2D eigenvalue weighted by Crippen LogP contribution is 2.39. The predicted molar refractivity (Wildman–Crippen MR) is 94.3 cm³/mol. The number of nitrogens with one attached hydrogen (secondary N) is 1. The molecule has 21 heavy (non-hydrogen) atoms. The molecule has 120 valence electrons. The van der Waals surface area contributed by atoms with Crippen LogP contribution in [0.3, 0.4) is 0 Å². The lowest BCUT2D eigenvalue weighted by Crippen LogP contribution is -2.45. The monoisotopic (exact) mass is 328 g/mol. The van der Waals surface area contributed by atoms with Gasteiger partial charge in [-0.05, 0) is 49.9 Å². The number of rotatable bonds is 7. The van der Waals surface area contributed by atoms with E-state index in [0.717, 1.165) is 29.9 Å². The van der Waals surface area contributed by atoms with Gasteiger partial charge in [0.15, 0.2) is 0 Å². The highest BCUT2D eigenvalue weighted by molar-refractivity contribution is 7.16. The zero-order valence-corrected chi connectivity index (χ0v) is 15.2. The third-order valence-electron chi connectivity index (χ3n) is 4.60. The minimum Gasteiger partial charge on any atom is -0.316 e. The van der Waals surface area contributed by atoms with Crippen LogP contribution in [-0.4, -0.2) is 31.6 Å². The minimum absolute atomic E-state index is 0.448. The summed E-state index contributed by atoms with van der Waals surface area (Å²) < 4.78 is 0.895. The standard InChI is InChI=1S/C17H29ClN2S/c1-4-19-12-17(9-5-6-14(2)10-17)13-20(3)11-15-7-8-16(18)21-15/h7-8,14,19H,4-6,9-13H2,1-3H3. The Morgan fingerprint density at radius 2 is 2.29 bits per heavy atom. The largest absolute Gasteiger partial charge is 0.316 e. The molecule has 1 fully saturated rings. The predicted octanol–water partition coefficient (Wildman–Crippen LogP) is 4.64. The SMILES string of the molecule is CCNCC1(CN(C)Cc2ccc(Cl)s2)CCCC(C)C1. The van der Waals surface area contributed by atoms with Crippen LogP contribution in [0.2, 0.25) is 4.34 Å². The summed E-state index contributed by atoms with van der Waals surface area (Å²) in [7, 11) is 2.25. The molecule has 0 aromatic carbocycles. The minimum atomic E-state index is 0.448. The summed E-state index contributed by atoms with van der Waals surface area (Å²) in [5, 5.41) is 3.61. The molecule has 1 aromatic heterocycles. The Morgan fingerprint density at radius 1 is 1.48 bits per heavy atom. The first-order valence-electron chi connectivity index (χ1n) is 8.16. The Morgan fingerprint density at radius 3 is 2.90 bits per heavy atom. The fraction of sp³-hybridized carbons (Fsp3) is 0.765. The molecule has 1 heterocycles. The normalized spacial score (nSPS) is 26.4. The molecule has 2 atom stereocenters. The van der Waals surface area contributed by atoms with Crippen molar-refractivity contribution in [3.8, 4) is 0 Å². The van der Waals surface area contributed by atoms with E-state index < -0.39 is 0 Å². The first kappa shape index (κ1) is 17.3. The van der Waals surface area contributed by atoms with Gasteiger partial charge in [0.05, 0.1) is 4.34 Å². The van der Waals surface area contributed by atoms with Crippen LogP contribution < -0.4 is 5.32 Å². The lowest BCUT2D eigenvalue weighted by molar-refractivity contribution is 0.0899. The topological polar surface area (TPSA) is 15.3 Å². The molecule has 2 rings (SSSR count). The first-order valence-corrected chi connectivity index (χ1v) is 9.36. The van der Waals surface area contributed by atoms with Crippen molar-refractivity contribution in [1.29, 1.82) is 0 Å². The van der Waals surface area contributed by atoms with Gasteiger partial charge < -0.3 is 10.2 Å². The van der Waals surface area contributed by atoms with E-state index in [1.165, 1.54) is 37.1 Å². The van der Waals surface area contributed by atoms with Crippen LogP contribution in [0.5, 0.6) is 0 Å². The smallest absolute Gasteiger partial charge is 0.0931 e. The van der Waals surface area contributed by atoms with E-state index in [4.69, 9.17) is 11.6 Å². The van der Waals surface area contributed by atoms with Gasteiger partial charge >= 0.3 is 0 Å². The second-order valence-corrected chi connectivity index (χ2v) is 8.66. The molecule has 0 aliphatic heterocycles. The molecular formula is C17H29ClN2S. The summed E-state index contributed by atoms with van der Waals surface area (Å²) in [5.41, 5.74) is 0.448. The summed E-state index contributed by atoms with van der Waals surface area (Å²) >= 11 is 7.74. The quantitative estimate of drug-likeness (QED) is 0.784. The van der Waals surface area contributed by atoms with Crippen molar-refractivity contribution in [2.75, 3.05) is 26.7 Å². The van der Waals surface area contributed by atoms with Gasteiger partial charge in [-0.3, -0.25) is 0 Å². The molecule has 2 nitrogen and oxygen atoms in total. The highest BCUT2D eigenvalue weighted by atomic mass is 35.5. The Labute approximate surface area is 138 Å². The van der Waals surface area contributed by atoms with Gasteiger partial charge in [0.25, 0.3) is 0 Å². The highest BCUT2D eigenvalue weighted by Gasteiger charge is 2.35. The summed E-state index contributed by atoms with van der Waals surface area (Å²) in [6.45, 7) is 9.04. The summed E-state index contributed by atoms with van der Waals surface area (Å²) in [5.74, 6) is 0.863. The number of hydrogen-bond acceptors (Lipinski definition) is 3. The number of hydrogen-bond donors (Lipinski definition) is 1. The van der Waals surface area contributed by atoms with Crippen molar-refractivity contribution in [1.82, 2.24) is 10.2 Å². The summed E-state index contributed by atoms with van der Waals surface area (Å²) in [4.78, 5) is 3.85. The lowest BCUT2D eigenvalue weighted by Gasteiger charge is -2.42. The van der Waals surface area contributed by atoms with Crippen molar-refractivity contribution in [2.45, 2.75) is 46.1 Å². The van der Waals surface area contributed by atoms with Crippen LogP contribution in [0.4, 0.5) is 0 Å². The molecule has 1 saturated carbocycles. The molecule has 1 aliphatic rings. The molecule has 1 aromatic rings. The maximum Gasteiger partial charge on any atom is 0.0931 e. The Balaban J connectivity index is 1.96. The van der Waals surface area contributed by atoms with Crippen LogP contribution in [0.1, 0.15) is 44.4 Å². The average molecular weight is 329 g/mol. The van der Waals surface area contributed by atoms with Crippen molar-refractivity contribution >= 4 is 22.9 Å². The van der Waals surface area contributed by atoms with Crippen LogP contribution >= 0.6 is 22.9 Å². The molecule has 0 radical (unpaired) electrons. The van der Waals surface area contributed by atoms with E-state index in [2.05, 4.69) is 37.2 Å². The third-order valence-corrected chi connectivity index (χ3v) is 5.81. The van der Waals surface area contributed by atoms with Crippen molar-refractivity contribution in [3.63, 3.8) is 0 Å². The third kappa shape index (κ3) is 5.24. The van der Waals surface area contributed by atoms with E-state index in [1.54, 1.807) is 11.3 Å². The van der Waals surface area contributed by atoms with Crippen LogP contribution in [0.15, 0.2) is 12.1 Å². The fourth-order valence-electron chi connectivity index (χ4n) is 3.85. The van der Waals surface area contributed by atoms with Crippen molar-refractivity contribution < 1.29 is 0 Å². The van der Waals surface area contributed by atoms with E-state index in [1.807, 2.05) is 6.07 Å². The molecular weight excluding hydrogens is 300 g/mol. The van der Waals surface area contributed by atoms with E-state index in [0.29, 0.717) is 5.41 Å². The number of nitrogens with zero attached hydrogens (tertiary/aromatic N) is 1.